The van der Waals surface area contributed by atoms with E-state index in [9.17, 15) is 13.2 Å². The molecule has 31 heavy (non-hydrogen) atoms. The van der Waals surface area contributed by atoms with Gasteiger partial charge in [-0.1, -0.05) is 24.1 Å². The summed E-state index contributed by atoms with van der Waals surface area (Å²) < 4.78 is 28.7. The first kappa shape index (κ1) is 24.2. The summed E-state index contributed by atoms with van der Waals surface area (Å²) in [7, 11) is -3.67. The number of sulfonamides is 1. The van der Waals surface area contributed by atoms with Crippen LogP contribution >= 0.6 is 0 Å². The molecule has 0 spiro atoms. The Bertz CT molecular complexity index is 852. The zero-order valence-electron chi connectivity index (χ0n) is 19.3. The van der Waals surface area contributed by atoms with Crippen LogP contribution < -0.4 is 5.32 Å². The molecule has 2 heterocycles. The first-order valence-corrected chi connectivity index (χ1v) is 13.0. The molecular formula is C23H38N4O3S. The molecule has 2 aliphatic heterocycles. The van der Waals surface area contributed by atoms with Crippen LogP contribution in [0.4, 0.5) is 0 Å². The van der Waals surface area contributed by atoms with E-state index in [2.05, 4.69) is 17.1 Å². The number of hydrogen-bond donors (Lipinski definition) is 1. The summed E-state index contributed by atoms with van der Waals surface area (Å²) in [5.41, 5.74) is 1.80. The predicted octanol–water partition coefficient (Wildman–Crippen LogP) is 1.99. The lowest BCUT2D eigenvalue weighted by atomic mass is 10.0. The fourth-order valence-electron chi connectivity index (χ4n) is 4.60. The highest BCUT2D eigenvalue weighted by Gasteiger charge is 2.29. The molecule has 7 nitrogen and oxygen atoms in total. The van der Waals surface area contributed by atoms with Crippen LogP contribution in [0.1, 0.15) is 43.7 Å². The molecule has 2 fully saturated rings. The van der Waals surface area contributed by atoms with Crippen LogP contribution in [0.25, 0.3) is 0 Å². The Morgan fingerprint density at radius 2 is 1.87 bits per heavy atom. The van der Waals surface area contributed by atoms with Gasteiger partial charge in [-0.25, -0.2) is 8.42 Å². The van der Waals surface area contributed by atoms with Crippen LogP contribution in [-0.2, 0) is 14.8 Å². The van der Waals surface area contributed by atoms with Crippen molar-refractivity contribution in [2.24, 2.45) is 0 Å². The van der Waals surface area contributed by atoms with Crippen LogP contribution in [0, 0.1) is 13.8 Å². The molecule has 0 aromatic heterocycles. The third-order valence-electron chi connectivity index (χ3n) is 6.57. The number of carbonyl (C=O) groups excluding carboxylic acids is 1. The van der Waals surface area contributed by atoms with Crippen molar-refractivity contribution in [1.29, 1.82) is 0 Å². The lowest BCUT2D eigenvalue weighted by Crippen LogP contribution is -2.48. The fraction of sp³-hybridized carbons (Fsp3) is 0.696. The molecule has 1 atom stereocenters. The van der Waals surface area contributed by atoms with E-state index in [1.165, 1.54) is 10.7 Å². The lowest BCUT2D eigenvalue weighted by Gasteiger charge is -2.35. The van der Waals surface area contributed by atoms with Crippen molar-refractivity contribution in [2.75, 3.05) is 52.4 Å². The van der Waals surface area contributed by atoms with Crippen molar-refractivity contribution >= 4 is 15.9 Å². The van der Waals surface area contributed by atoms with E-state index < -0.39 is 10.0 Å². The number of rotatable bonds is 8. The maximum Gasteiger partial charge on any atom is 0.243 e. The molecule has 1 aromatic rings. The molecule has 0 aliphatic carbocycles. The maximum absolute atomic E-state index is 13.6. The molecule has 0 unspecified atom stereocenters. The van der Waals surface area contributed by atoms with Crippen LogP contribution in [-0.4, -0.2) is 86.8 Å². The first-order valence-electron chi connectivity index (χ1n) is 11.6. The van der Waals surface area contributed by atoms with Gasteiger partial charge in [-0.05, 0) is 51.8 Å². The first-order chi connectivity index (χ1) is 14.8. The van der Waals surface area contributed by atoms with Crippen molar-refractivity contribution in [3.8, 4) is 0 Å². The van der Waals surface area contributed by atoms with Gasteiger partial charge < -0.3 is 10.2 Å². The minimum absolute atomic E-state index is 0.0358. The van der Waals surface area contributed by atoms with Gasteiger partial charge in [-0.3, -0.25) is 9.69 Å². The third-order valence-corrected chi connectivity index (χ3v) is 8.63. The second-order valence-electron chi connectivity index (χ2n) is 8.93. The largest absolute Gasteiger partial charge is 0.340 e. The average Bonchev–Trinajstić information content (AvgIpc) is 2.74. The van der Waals surface area contributed by atoms with Gasteiger partial charge in [0, 0.05) is 58.3 Å². The maximum atomic E-state index is 13.6. The highest BCUT2D eigenvalue weighted by Crippen LogP contribution is 2.22. The molecule has 2 saturated heterocycles. The van der Waals surface area contributed by atoms with E-state index in [4.69, 9.17) is 0 Å². The van der Waals surface area contributed by atoms with Crippen molar-refractivity contribution in [1.82, 2.24) is 19.4 Å². The second-order valence-corrected chi connectivity index (χ2v) is 10.8. The minimum Gasteiger partial charge on any atom is -0.340 e. The molecule has 0 radical (unpaired) electrons. The number of benzene rings is 1. The van der Waals surface area contributed by atoms with E-state index in [-0.39, 0.29) is 18.9 Å². The van der Waals surface area contributed by atoms with Crippen molar-refractivity contribution in [2.45, 2.75) is 57.4 Å². The van der Waals surface area contributed by atoms with Crippen molar-refractivity contribution < 1.29 is 13.2 Å². The predicted molar refractivity (Wildman–Crippen MR) is 124 cm³/mol. The van der Waals surface area contributed by atoms with Crippen LogP contribution in [0.2, 0.25) is 0 Å². The number of nitrogens with zero attached hydrogens (tertiary/aromatic N) is 3. The zero-order valence-corrected chi connectivity index (χ0v) is 20.1. The molecular weight excluding hydrogens is 412 g/mol. The molecule has 2 aliphatic rings. The number of amides is 1. The summed E-state index contributed by atoms with van der Waals surface area (Å²) in [6.45, 7) is 11.3. The summed E-state index contributed by atoms with van der Waals surface area (Å²) in [6.07, 6.45) is 3.78. The van der Waals surface area contributed by atoms with Gasteiger partial charge in [0.05, 0.1) is 4.90 Å². The van der Waals surface area contributed by atoms with Gasteiger partial charge in [0.15, 0.2) is 0 Å². The zero-order chi connectivity index (χ0) is 22.4. The molecule has 1 amide bonds. The number of hydrogen-bond acceptors (Lipinski definition) is 5. The number of aryl methyl sites for hydroxylation is 2. The topological polar surface area (TPSA) is 73.0 Å². The molecule has 0 saturated carbocycles. The molecule has 1 N–H and O–H groups in total. The molecule has 3 rings (SSSR count). The normalized spacial score (nSPS) is 20.9. The lowest BCUT2D eigenvalue weighted by molar-refractivity contribution is -0.131. The number of piperidine rings is 1. The Balaban J connectivity index is 1.74. The Hall–Kier alpha value is -1.48. The summed E-state index contributed by atoms with van der Waals surface area (Å²) in [5.74, 6) is 0.0358. The Labute approximate surface area is 187 Å². The minimum atomic E-state index is -3.67. The summed E-state index contributed by atoms with van der Waals surface area (Å²) in [6, 6.07) is 5.93. The summed E-state index contributed by atoms with van der Waals surface area (Å²) in [5, 5.41) is 3.25. The van der Waals surface area contributed by atoms with E-state index in [0.717, 1.165) is 43.6 Å². The number of nitrogens with one attached hydrogen (secondary N) is 1. The molecule has 8 heteroatoms. The highest BCUT2D eigenvalue weighted by atomic mass is 32.2. The monoisotopic (exact) mass is 450 g/mol. The van der Waals surface area contributed by atoms with Crippen molar-refractivity contribution in [3.05, 3.63) is 29.3 Å². The van der Waals surface area contributed by atoms with Crippen molar-refractivity contribution in [3.63, 3.8) is 0 Å². The quantitative estimate of drug-likeness (QED) is 0.656. The Morgan fingerprint density at radius 1 is 1.13 bits per heavy atom. The second kappa shape index (κ2) is 10.9. The van der Waals surface area contributed by atoms with Gasteiger partial charge in [-0.2, -0.15) is 4.31 Å². The smallest absolute Gasteiger partial charge is 0.243 e. The SMILES string of the molecule is Cc1ccc(S(=O)(=O)N(CCC(=O)N2CCNCC2)CCN2CCCC[C@@H]2C)c(C)c1. The van der Waals surface area contributed by atoms with Gasteiger partial charge in [0.2, 0.25) is 15.9 Å². The fourth-order valence-corrected chi connectivity index (χ4v) is 6.24. The van der Waals surface area contributed by atoms with Crippen LogP contribution in [0.5, 0.6) is 0 Å². The Kier molecular flexibility index (Phi) is 8.50. The van der Waals surface area contributed by atoms with E-state index in [0.29, 0.717) is 37.1 Å². The molecule has 0 bridgehead atoms. The van der Waals surface area contributed by atoms with Crippen LogP contribution in [0.3, 0.4) is 0 Å². The molecule has 1 aromatic carbocycles. The number of carbonyl (C=O) groups is 1. The van der Waals surface area contributed by atoms with Gasteiger partial charge >= 0.3 is 0 Å². The van der Waals surface area contributed by atoms with E-state index in [1.807, 2.05) is 30.9 Å². The number of likely N-dealkylation sites (tertiary alicyclic amines) is 1. The van der Waals surface area contributed by atoms with Gasteiger partial charge in [-0.15, -0.1) is 0 Å². The summed E-state index contributed by atoms with van der Waals surface area (Å²) in [4.78, 5) is 17.3. The third kappa shape index (κ3) is 6.28. The average molecular weight is 451 g/mol. The van der Waals surface area contributed by atoms with E-state index >= 15 is 0 Å². The van der Waals surface area contributed by atoms with Gasteiger partial charge in [0.1, 0.15) is 0 Å². The number of piperazine rings is 1. The van der Waals surface area contributed by atoms with E-state index in [1.54, 1.807) is 6.07 Å². The molecule has 174 valence electrons. The van der Waals surface area contributed by atoms with Crippen LogP contribution in [0.15, 0.2) is 23.1 Å². The Morgan fingerprint density at radius 3 is 2.55 bits per heavy atom. The van der Waals surface area contributed by atoms with Gasteiger partial charge in [0.25, 0.3) is 0 Å². The standard InChI is InChI=1S/C23H38N4O3S/c1-19-7-8-22(20(2)18-19)31(29,30)27(17-16-25-12-5-4-6-21(25)3)13-9-23(28)26-14-10-24-11-15-26/h7-8,18,21,24H,4-6,9-17H2,1-3H3/t21-/m0/s1. The highest BCUT2D eigenvalue weighted by molar-refractivity contribution is 7.89. The summed E-state index contributed by atoms with van der Waals surface area (Å²) >= 11 is 0.